The minimum absolute atomic E-state index is 0.0711. The summed E-state index contributed by atoms with van der Waals surface area (Å²) in [5.74, 6) is 1.10. The van der Waals surface area contributed by atoms with Crippen LogP contribution < -0.4 is 5.32 Å². The van der Waals surface area contributed by atoms with Gasteiger partial charge in [-0.1, -0.05) is 13.8 Å². The largest absolute Gasteiger partial charge is 0.312 e. The highest BCUT2D eigenvalue weighted by molar-refractivity contribution is 7.91. The molecule has 1 N–H and O–H groups in total. The van der Waals surface area contributed by atoms with Crippen LogP contribution in [0.15, 0.2) is 0 Å². The molecule has 0 fully saturated rings. The summed E-state index contributed by atoms with van der Waals surface area (Å²) in [6, 6.07) is 0. The van der Waals surface area contributed by atoms with Crippen molar-refractivity contribution < 1.29 is 8.42 Å². The zero-order valence-corrected chi connectivity index (χ0v) is 12.2. The summed E-state index contributed by atoms with van der Waals surface area (Å²) in [6.07, 6.45) is 1.48. The van der Waals surface area contributed by atoms with Gasteiger partial charge in [0.05, 0.1) is 11.5 Å². The smallest absolute Gasteiger partial charge is 0.150 e. The second kappa shape index (κ2) is 6.60. The summed E-state index contributed by atoms with van der Waals surface area (Å²) in [5.41, 5.74) is 0.0711. The Morgan fingerprint density at radius 3 is 2.12 bits per heavy atom. The molecular formula is C12H27NO2S. The van der Waals surface area contributed by atoms with Gasteiger partial charge in [-0.15, -0.1) is 0 Å². The SMILES string of the molecule is CC(C)CCS(=O)(=O)CCCNC(C)(C)C. The van der Waals surface area contributed by atoms with Crippen LogP contribution in [-0.2, 0) is 9.84 Å². The molecule has 0 aliphatic carbocycles. The highest BCUT2D eigenvalue weighted by atomic mass is 32.2. The first-order valence-corrected chi connectivity index (χ1v) is 7.90. The first-order chi connectivity index (χ1) is 7.12. The van der Waals surface area contributed by atoms with Crippen LogP contribution in [0.25, 0.3) is 0 Å². The molecule has 0 saturated carbocycles. The summed E-state index contributed by atoms with van der Waals surface area (Å²) in [7, 11) is -2.83. The zero-order valence-electron chi connectivity index (χ0n) is 11.3. The van der Waals surface area contributed by atoms with Crippen LogP contribution in [0.2, 0.25) is 0 Å². The highest BCUT2D eigenvalue weighted by Gasteiger charge is 2.13. The molecule has 3 nitrogen and oxygen atoms in total. The van der Waals surface area contributed by atoms with Gasteiger partial charge in [-0.25, -0.2) is 8.42 Å². The molecule has 4 heteroatoms. The third kappa shape index (κ3) is 10.4. The van der Waals surface area contributed by atoms with E-state index in [1.54, 1.807) is 0 Å². The topological polar surface area (TPSA) is 46.2 Å². The van der Waals surface area contributed by atoms with E-state index >= 15 is 0 Å². The Kier molecular flexibility index (Phi) is 6.56. The van der Waals surface area contributed by atoms with Gasteiger partial charge in [-0.2, -0.15) is 0 Å². The number of hydrogen-bond donors (Lipinski definition) is 1. The van der Waals surface area contributed by atoms with Crippen LogP contribution in [0.3, 0.4) is 0 Å². The maximum Gasteiger partial charge on any atom is 0.150 e. The summed E-state index contributed by atoms with van der Waals surface area (Å²) in [5, 5.41) is 3.29. The molecule has 0 aliphatic rings. The van der Waals surface area contributed by atoms with Crippen LogP contribution in [-0.4, -0.2) is 32.0 Å². The van der Waals surface area contributed by atoms with Gasteiger partial charge in [0, 0.05) is 5.54 Å². The molecule has 16 heavy (non-hydrogen) atoms. The molecule has 0 spiro atoms. The fourth-order valence-electron chi connectivity index (χ4n) is 1.27. The Hall–Kier alpha value is -0.0900. The van der Waals surface area contributed by atoms with E-state index in [0.717, 1.165) is 13.0 Å². The molecule has 0 amide bonds. The summed E-state index contributed by atoms with van der Waals surface area (Å²) < 4.78 is 23.3. The highest BCUT2D eigenvalue weighted by Crippen LogP contribution is 2.05. The Bertz CT molecular complexity index is 276. The zero-order chi connectivity index (χ0) is 12.8. The molecule has 98 valence electrons. The van der Waals surface area contributed by atoms with Gasteiger partial charge < -0.3 is 5.32 Å². The van der Waals surface area contributed by atoms with E-state index < -0.39 is 9.84 Å². The van der Waals surface area contributed by atoms with Crippen LogP contribution in [0, 0.1) is 5.92 Å². The normalized spacial score (nSPS) is 13.4. The van der Waals surface area contributed by atoms with Gasteiger partial charge in [-0.3, -0.25) is 0 Å². The maximum absolute atomic E-state index is 11.6. The van der Waals surface area contributed by atoms with Crippen LogP contribution in [0.4, 0.5) is 0 Å². The van der Waals surface area contributed by atoms with Crippen molar-refractivity contribution in [2.45, 2.75) is 53.0 Å². The van der Waals surface area contributed by atoms with Gasteiger partial charge in [-0.05, 0) is 46.1 Å². The van der Waals surface area contributed by atoms with Gasteiger partial charge >= 0.3 is 0 Å². The van der Waals surface area contributed by atoms with Gasteiger partial charge in [0.1, 0.15) is 9.84 Å². The number of hydrogen-bond acceptors (Lipinski definition) is 3. The Morgan fingerprint density at radius 2 is 1.69 bits per heavy atom. The molecule has 0 aliphatic heterocycles. The minimum atomic E-state index is -2.83. The number of nitrogens with one attached hydrogen (secondary N) is 1. The van der Waals surface area contributed by atoms with Crippen molar-refractivity contribution in [1.29, 1.82) is 0 Å². The molecule has 0 bridgehead atoms. The minimum Gasteiger partial charge on any atom is -0.312 e. The number of rotatable bonds is 7. The van der Waals surface area contributed by atoms with E-state index in [1.165, 1.54) is 0 Å². The monoisotopic (exact) mass is 249 g/mol. The standard InChI is InChI=1S/C12H27NO2S/c1-11(2)7-10-16(14,15)9-6-8-13-12(3,4)5/h11,13H,6-10H2,1-5H3. The predicted octanol–water partition coefficient (Wildman–Crippen LogP) is 2.23. The molecule has 0 radical (unpaired) electrons. The van der Waals surface area contributed by atoms with Crippen molar-refractivity contribution in [1.82, 2.24) is 5.32 Å². The van der Waals surface area contributed by atoms with Crippen LogP contribution >= 0.6 is 0 Å². The molecule has 0 unspecified atom stereocenters. The van der Waals surface area contributed by atoms with E-state index in [-0.39, 0.29) is 5.54 Å². The summed E-state index contributed by atoms with van der Waals surface area (Å²) >= 11 is 0. The van der Waals surface area contributed by atoms with Crippen molar-refractivity contribution in [3.63, 3.8) is 0 Å². The fourth-order valence-corrected chi connectivity index (χ4v) is 2.89. The van der Waals surface area contributed by atoms with E-state index in [4.69, 9.17) is 0 Å². The first kappa shape index (κ1) is 15.9. The summed E-state index contributed by atoms with van der Waals surface area (Å²) in [6.45, 7) is 11.1. The molecule has 0 atom stereocenters. The molecular weight excluding hydrogens is 222 g/mol. The van der Waals surface area contributed by atoms with E-state index in [9.17, 15) is 8.42 Å². The van der Waals surface area contributed by atoms with Gasteiger partial charge in [0.25, 0.3) is 0 Å². The molecule has 0 heterocycles. The van der Waals surface area contributed by atoms with Crippen molar-refractivity contribution in [3.8, 4) is 0 Å². The second-order valence-electron chi connectivity index (χ2n) is 5.86. The lowest BCUT2D eigenvalue weighted by atomic mass is 10.1. The molecule has 0 aromatic carbocycles. The Balaban J connectivity index is 3.75. The average molecular weight is 249 g/mol. The van der Waals surface area contributed by atoms with Crippen molar-refractivity contribution in [2.75, 3.05) is 18.1 Å². The molecule has 0 aromatic heterocycles. The van der Waals surface area contributed by atoms with E-state index in [1.807, 2.05) is 0 Å². The third-order valence-corrected chi connectivity index (χ3v) is 4.06. The Labute approximate surface area is 101 Å². The average Bonchev–Trinajstić information content (AvgIpc) is 2.08. The van der Waals surface area contributed by atoms with Crippen LogP contribution in [0.5, 0.6) is 0 Å². The fraction of sp³-hybridized carbons (Fsp3) is 1.00. The van der Waals surface area contributed by atoms with Crippen molar-refractivity contribution in [2.24, 2.45) is 5.92 Å². The van der Waals surface area contributed by atoms with Gasteiger partial charge in [0.2, 0.25) is 0 Å². The quantitative estimate of drug-likeness (QED) is 0.704. The van der Waals surface area contributed by atoms with Crippen LogP contribution in [0.1, 0.15) is 47.5 Å². The lowest BCUT2D eigenvalue weighted by molar-refractivity contribution is 0.426. The lowest BCUT2D eigenvalue weighted by Gasteiger charge is -2.20. The predicted molar refractivity (Wildman–Crippen MR) is 70.5 cm³/mol. The van der Waals surface area contributed by atoms with E-state index in [0.29, 0.717) is 23.8 Å². The molecule has 0 saturated heterocycles. The maximum atomic E-state index is 11.6. The van der Waals surface area contributed by atoms with Gasteiger partial charge in [0.15, 0.2) is 0 Å². The third-order valence-electron chi connectivity index (χ3n) is 2.29. The van der Waals surface area contributed by atoms with E-state index in [2.05, 4.69) is 39.9 Å². The Morgan fingerprint density at radius 1 is 1.12 bits per heavy atom. The lowest BCUT2D eigenvalue weighted by Crippen LogP contribution is -2.37. The van der Waals surface area contributed by atoms with Crippen molar-refractivity contribution in [3.05, 3.63) is 0 Å². The van der Waals surface area contributed by atoms with Crippen molar-refractivity contribution >= 4 is 9.84 Å². The number of sulfone groups is 1. The summed E-state index contributed by atoms with van der Waals surface area (Å²) in [4.78, 5) is 0. The first-order valence-electron chi connectivity index (χ1n) is 6.08. The second-order valence-corrected chi connectivity index (χ2v) is 8.17. The molecule has 0 aromatic rings. The molecule has 0 rings (SSSR count).